The van der Waals surface area contributed by atoms with Crippen molar-refractivity contribution >= 4 is 23.2 Å². The number of hydrogen-bond acceptors (Lipinski definition) is 8. The first-order chi connectivity index (χ1) is 11.6. The van der Waals surface area contributed by atoms with Crippen LogP contribution in [-0.4, -0.2) is 39.2 Å². The summed E-state index contributed by atoms with van der Waals surface area (Å²) in [5.41, 5.74) is 0.931. The average Bonchev–Trinajstić information content (AvgIpc) is 3.31. The molecule has 0 aromatic carbocycles. The van der Waals surface area contributed by atoms with Gasteiger partial charge in [0.15, 0.2) is 0 Å². The van der Waals surface area contributed by atoms with Gasteiger partial charge >= 0.3 is 5.97 Å². The molecule has 0 fully saturated rings. The van der Waals surface area contributed by atoms with Crippen molar-refractivity contribution in [2.24, 2.45) is 0 Å². The van der Waals surface area contributed by atoms with Crippen LogP contribution >= 0.6 is 11.3 Å². The third-order valence-corrected chi connectivity index (χ3v) is 4.15. The zero-order valence-corrected chi connectivity index (χ0v) is 13.7. The van der Waals surface area contributed by atoms with Gasteiger partial charge < -0.3 is 14.5 Å². The van der Waals surface area contributed by atoms with Crippen molar-refractivity contribution in [3.05, 3.63) is 45.8 Å². The van der Waals surface area contributed by atoms with Crippen molar-refractivity contribution in [3.8, 4) is 5.69 Å². The molecule has 0 saturated heterocycles. The summed E-state index contributed by atoms with van der Waals surface area (Å²) in [5, 5.41) is 15.4. The minimum Gasteiger partial charge on any atom is -0.465 e. The molecule has 0 unspecified atom stereocenters. The largest absolute Gasteiger partial charge is 0.465 e. The van der Waals surface area contributed by atoms with Crippen molar-refractivity contribution in [1.29, 1.82) is 0 Å². The SMILES string of the molecule is COC(=O)c1cc(CNC(=O)c2sccc2-n2cnnn2)oc1C. The van der Waals surface area contributed by atoms with E-state index in [1.807, 2.05) is 0 Å². The summed E-state index contributed by atoms with van der Waals surface area (Å²) in [6.45, 7) is 1.80. The fourth-order valence-corrected chi connectivity index (χ4v) is 2.91. The van der Waals surface area contributed by atoms with E-state index in [4.69, 9.17) is 4.42 Å². The van der Waals surface area contributed by atoms with E-state index in [0.29, 0.717) is 27.6 Å². The van der Waals surface area contributed by atoms with Gasteiger partial charge in [0.2, 0.25) is 0 Å². The number of carbonyl (C=O) groups excluding carboxylic acids is 2. The minimum atomic E-state index is -0.479. The van der Waals surface area contributed by atoms with E-state index >= 15 is 0 Å². The van der Waals surface area contributed by atoms with Gasteiger partial charge in [-0.2, -0.15) is 4.68 Å². The number of amides is 1. The molecule has 124 valence electrons. The molecule has 1 amide bonds. The number of tetrazole rings is 1. The number of esters is 1. The van der Waals surface area contributed by atoms with Gasteiger partial charge in [-0.25, -0.2) is 4.79 Å². The quantitative estimate of drug-likeness (QED) is 0.693. The van der Waals surface area contributed by atoms with E-state index in [0.717, 1.165) is 0 Å². The Morgan fingerprint density at radius 2 is 2.29 bits per heavy atom. The number of methoxy groups -OCH3 is 1. The summed E-state index contributed by atoms with van der Waals surface area (Å²) < 4.78 is 11.5. The molecule has 3 aromatic heterocycles. The van der Waals surface area contributed by atoms with Crippen LogP contribution in [0.3, 0.4) is 0 Å². The summed E-state index contributed by atoms with van der Waals surface area (Å²) >= 11 is 1.27. The van der Waals surface area contributed by atoms with Crippen molar-refractivity contribution in [1.82, 2.24) is 25.5 Å². The second kappa shape index (κ2) is 6.62. The fraction of sp³-hybridized carbons (Fsp3) is 0.214. The average molecular weight is 347 g/mol. The number of nitrogens with one attached hydrogen (secondary N) is 1. The Labute approximate surface area is 140 Å². The number of ether oxygens (including phenoxy) is 1. The van der Waals surface area contributed by atoms with Crippen molar-refractivity contribution in [2.45, 2.75) is 13.5 Å². The normalized spacial score (nSPS) is 10.6. The third-order valence-electron chi connectivity index (χ3n) is 3.24. The Kier molecular flexibility index (Phi) is 4.38. The highest BCUT2D eigenvalue weighted by Gasteiger charge is 2.18. The highest BCUT2D eigenvalue weighted by atomic mass is 32.1. The second-order valence-corrected chi connectivity index (χ2v) is 5.66. The van der Waals surface area contributed by atoms with Crippen LogP contribution in [0.2, 0.25) is 0 Å². The van der Waals surface area contributed by atoms with Crippen LogP contribution in [-0.2, 0) is 11.3 Å². The molecule has 3 heterocycles. The molecule has 0 aliphatic carbocycles. The molecule has 0 aliphatic heterocycles. The van der Waals surface area contributed by atoms with Gasteiger partial charge in [0.05, 0.1) is 19.3 Å². The van der Waals surface area contributed by atoms with E-state index in [-0.39, 0.29) is 12.5 Å². The number of aromatic nitrogens is 4. The molecular weight excluding hydrogens is 334 g/mol. The Bertz CT molecular complexity index is 868. The van der Waals surface area contributed by atoms with Gasteiger partial charge in [0.1, 0.15) is 28.3 Å². The van der Waals surface area contributed by atoms with Crippen molar-refractivity contribution in [3.63, 3.8) is 0 Å². The predicted octanol–water partition coefficient (Wildman–Crippen LogP) is 1.34. The van der Waals surface area contributed by atoms with Gasteiger partial charge in [0.25, 0.3) is 5.91 Å². The van der Waals surface area contributed by atoms with Crippen molar-refractivity contribution in [2.75, 3.05) is 7.11 Å². The van der Waals surface area contributed by atoms with Gasteiger partial charge in [-0.05, 0) is 34.9 Å². The first kappa shape index (κ1) is 15.9. The monoisotopic (exact) mass is 347 g/mol. The van der Waals surface area contributed by atoms with E-state index in [9.17, 15) is 9.59 Å². The topological polar surface area (TPSA) is 112 Å². The number of thiophene rings is 1. The van der Waals surface area contributed by atoms with Gasteiger partial charge in [-0.3, -0.25) is 4.79 Å². The number of furan rings is 1. The number of rotatable bonds is 5. The molecule has 0 atom stereocenters. The van der Waals surface area contributed by atoms with E-state index in [1.165, 1.54) is 29.5 Å². The van der Waals surface area contributed by atoms with Crippen LogP contribution in [0, 0.1) is 6.92 Å². The highest BCUT2D eigenvalue weighted by Crippen LogP contribution is 2.20. The van der Waals surface area contributed by atoms with Crippen LogP contribution in [0.25, 0.3) is 5.69 Å². The Hall–Kier alpha value is -3.01. The standard InChI is InChI=1S/C14H13N5O4S/c1-8-10(14(21)22-2)5-9(23-8)6-15-13(20)12-11(3-4-24-12)19-7-16-17-18-19/h3-5,7H,6H2,1-2H3,(H,15,20). The maximum atomic E-state index is 12.4. The van der Waals surface area contributed by atoms with Crippen LogP contribution in [0.1, 0.15) is 31.6 Å². The van der Waals surface area contributed by atoms with Gasteiger partial charge in [-0.1, -0.05) is 0 Å². The molecule has 10 heteroatoms. The molecule has 0 saturated carbocycles. The fourth-order valence-electron chi connectivity index (χ4n) is 2.12. The zero-order valence-electron chi connectivity index (χ0n) is 12.8. The number of nitrogens with zero attached hydrogens (tertiary/aromatic N) is 4. The van der Waals surface area contributed by atoms with Gasteiger partial charge in [-0.15, -0.1) is 16.4 Å². The lowest BCUT2D eigenvalue weighted by atomic mass is 10.2. The minimum absolute atomic E-state index is 0.142. The molecule has 1 N–H and O–H groups in total. The lowest BCUT2D eigenvalue weighted by Gasteiger charge is -2.03. The third kappa shape index (κ3) is 3.04. The summed E-state index contributed by atoms with van der Waals surface area (Å²) in [7, 11) is 1.30. The van der Waals surface area contributed by atoms with Crippen molar-refractivity contribution < 1.29 is 18.7 Å². The number of carbonyl (C=O) groups is 2. The molecule has 3 rings (SSSR count). The molecule has 0 aliphatic rings. The first-order valence-corrected chi connectivity index (χ1v) is 7.74. The first-order valence-electron chi connectivity index (χ1n) is 6.87. The van der Waals surface area contributed by atoms with Crippen LogP contribution in [0.4, 0.5) is 0 Å². The molecule has 3 aromatic rings. The molecule has 0 radical (unpaired) electrons. The summed E-state index contributed by atoms with van der Waals surface area (Å²) in [6.07, 6.45) is 1.41. The lowest BCUT2D eigenvalue weighted by molar-refractivity contribution is 0.0598. The Morgan fingerprint density at radius 1 is 1.46 bits per heavy atom. The van der Waals surface area contributed by atoms with E-state index < -0.39 is 5.97 Å². The summed E-state index contributed by atoms with van der Waals surface area (Å²) in [6, 6.07) is 3.31. The second-order valence-electron chi connectivity index (χ2n) is 4.75. The lowest BCUT2D eigenvalue weighted by Crippen LogP contribution is -2.22. The Balaban J connectivity index is 1.71. The zero-order chi connectivity index (χ0) is 17.1. The maximum Gasteiger partial charge on any atom is 0.341 e. The van der Waals surface area contributed by atoms with Crippen LogP contribution in [0.15, 0.2) is 28.3 Å². The van der Waals surface area contributed by atoms with Gasteiger partial charge in [0, 0.05) is 0 Å². The smallest absolute Gasteiger partial charge is 0.341 e. The predicted molar refractivity (Wildman–Crippen MR) is 83.0 cm³/mol. The highest BCUT2D eigenvalue weighted by molar-refractivity contribution is 7.12. The number of hydrogen-bond donors (Lipinski definition) is 1. The molecule has 0 bridgehead atoms. The number of aryl methyl sites for hydroxylation is 1. The molecule has 24 heavy (non-hydrogen) atoms. The summed E-state index contributed by atoms with van der Waals surface area (Å²) in [5.74, 6) is 0.135. The molecule has 9 nitrogen and oxygen atoms in total. The Morgan fingerprint density at radius 3 is 3.00 bits per heavy atom. The summed E-state index contributed by atoms with van der Waals surface area (Å²) in [4.78, 5) is 24.4. The molecule has 0 spiro atoms. The van der Waals surface area contributed by atoms with E-state index in [2.05, 4.69) is 25.6 Å². The van der Waals surface area contributed by atoms with E-state index in [1.54, 1.807) is 24.4 Å². The van der Waals surface area contributed by atoms with Crippen LogP contribution < -0.4 is 5.32 Å². The van der Waals surface area contributed by atoms with Crippen LogP contribution in [0.5, 0.6) is 0 Å². The maximum absolute atomic E-state index is 12.4. The molecular formula is C14H13N5O4S.